The third kappa shape index (κ3) is 4.64. The van der Waals surface area contributed by atoms with Crippen molar-refractivity contribution in [1.82, 2.24) is 14.8 Å². The lowest BCUT2D eigenvalue weighted by atomic mass is 10.0. The number of nitrogens with zero attached hydrogens (tertiary/aromatic N) is 3. The van der Waals surface area contributed by atoms with E-state index in [4.69, 9.17) is 0 Å². The standard InChI is InChI=1S/C21H26N4O2/c1-15(2)17-4-6-18(7-5-17)23-19-8-9-22-20(14-19)21(27)25-12-10-24(11-13-25)16(3)26/h4-9,14-15H,10-13H2,1-3H3,(H,22,23). The first-order chi connectivity index (χ1) is 12.9. The summed E-state index contributed by atoms with van der Waals surface area (Å²) in [4.78, 5) is 31.9. The van der Waals surface area contributed by atoms with Crippen molar-refractivity contribution in [2.24, 2.45) is 0 Å². The zero-order valence-corrected chi connectivity index (χ0v) is 16.1. The molecule has 0 unspecified atom stereocenters. The zero-order valence-electron chi connectivity index (χ0n) is 16.1. The SMILES string of the molecule is CC(=O)N1CCN(C(=O)c2cc(Nc3ccc(C(C)C)cc3)ccn2)CC1. The summed E-state index contributed by atoms with van der Waals surface area (Å²) < 4.78 is 0. The first kappa shape index (κ1) is 18.9. The quantitative estimate of drug-likeness (QED) is 0.902. The molecule has 1 fully saturated rings. The van der Waals surface area contributed by atoms with Crippen molar-refractivity contribution in [1.29, 1.82) is 0 Å². The maximum Gasteiger partial charge on any atom is 0.272 e. The van der Waals surface area contributed by atoms with Crippen LogP contribution < -0.4 is 5.32 Å². The number of carbonyl (C=O) groups excluding carboxylic acids is 2. The van der Waals surface area contributed by atoms with Gasteiger partial charge in [-0.15, -0.1) is 0 Å². The van der Waals surface area contributed by atoms with Gasteiger partial charge in [-0.3, -0.25) is 14.6 Å². The number of amides is 2. The number of pyridine rings is 1. The van der Waals surface area contributed by atoms with Crippen molar-refractivity contribution >= 4 is 23.2 Å². The molecule has 0 saturated carbocycles. The van der Waals surface area contributed by atoms with Crippen molar-refractivity contribution in [2.45, 2.75) is 26.7 Å². The Balaban J connectivity index is 1.66. The molecular weight excluding hydrogens is 340 g/mol. The molecule has 0 aliphatic carbocycles. The van der Waals surface area contributed by atoms with E-state index in [1.807, 2.05) is 18.2 Å². The summed E-state index contributed by atoms with van der Waals surface area (Å²) in [5.74, 6) is 0.444. The Kier molecular flexibility index (Phi) is 5.74. The van der Waals surface area contributed by atoms with Crippen LogP contribution in [0.15, 0.2) is 42.6 Å². The molecule has 0 radical (unpaired) electrons. The average Bonchev–Trinajstić information content (AvgIpc) is 2.68. The smallest absolute Gasteiger partial charge is 0.272 e. The van der Waals surface area contributed by atoms with Crippen LogP contribution in [0.25, 0.3) is 0 Å². The first-order valence-corrected chi connectivity index (χ1v) is 9.32. The number of aromatic nitrogens is 1. The number of nitrogens with one attached hydrogen (secondary N) is 1. The molecule has 0 atom stereocenters. The van der Waals surface area contributed by atoms with Gasteiger partial charge in [-0.25, -0.2) is 0 Å². The van der Waals surface area contributed by atoms with Gasteiger partial charge in [-0.1, -0.05) is 26.0 Å². The lowest BCUT2D eigenvalue weighted by molar-refractivity contribution is -0.130. The Morgan fingerprint density at radius 1 is 0.963 bits per heavy atom. The minimum atomic E-state index is -0.1000. The Hall–Kier alpha value is -2.89. The highest BCUT2D eigenvalue weighted by atomic mass is 16.2. The van der Waals surface area contributed by atoms with Gasteiger partial charge in [0, 0.05) is 50.7 Å². The van der Waals surface area contributed by atoms with Crippen molar-refractivity contribution in [2.75, 3.05) is 31.5 Å². The first-order valence-electron chi connectivity index (χ1n) is 9.32. The van der Waals surface area contributed by atoms with E-state index in [2.05, 4.69) is 36.3 Å². The fourth-order valence-electron chi connectivity index (χ4n) is 3.13. The molecule has 142 valence electrons. The van der Waals surface area contributed by atoms with Crippen LogP contribution in [0, 0.1) is 0 Å². The topological polar surface area (TPSA) is 65.5 Å². The lowest BCUT2D eigenvalue weighted by Crippen LogP contribution is -2.50. The Labute approximate surface area is 160 Å². The highest BCUT2D eigenvalue weighted by Crippen LogP contribution is 2.21. The highest BCUT2D eigenvalue weighted by Gasteiger charge is 2.24. The van der Waals surface area contributed by atoms with E-state index < -0.39 is 0 Å². The van der Waals surface area contributed by atoms with E-state index in [1.54, 1.807) is 29.0 Å². The second-order valence-electron chi connectivity index (χ2n) is 7.13. The molecule has 1 saturated heterocycles. The van der Waals surface area contributed by atoms with E-state index in [-0.39, 0.29) is 11.8 Å². The Bertz CT molecular complexity index is 809. The summed E-state index contributed by atoms with van der Waals surface area (Å²) in [7, 11) is 0. The summed E-state index contributed by atoms with van der Waals surface area (Å²) in [5.41, 5.74) is 3.50. The Morgan fingerprint density at radius 3 is 2.19 bits per heavy atom. The second-order valence-corrected chi connectivity index (χ2v) is 7.13. The molecule has 2 amide bonds. The minimum Gasteiger partial charge on any atom is -0.355 e. The number of hydrogen-bond donors (Lipinski definition) is 1. The number of hydrogen-bond acceptors (Lipinski definition) is 4. The van der Waals surface area contributed by atoms with Crippen LogP contribution in [0.3, 0.4) is 0 Å². The van der Waals surface area contributed by atoms with Crippen LogP contribution in [0.5, 0.6) is 0 Å². The van der Waals surface area contributed by atoms with Crippen molar-refractivity contribution in [3.8, 4) is 0 Å². The molecule has 1 N–H and O–H groups in total. The highest BCUT2D eigenvalue weighted by molar-refractivity contribution is 5.93. The van der Waals surface area contributed by atoms with Crippen LogP contribution in [-0.4, -0.2) is 52.8 Å². The van der Waals surface area contributed by atoms with Gasteiger partial charge in [-0.2, -0.15) is 0 Å². The van der Waals surface area contributed by atoms with Crippen LogP contribution in [-0.2, 0) is 4.79 Å². The molecule has 27 heavy (non-hydrogen) atoms. The van der Waals surface area contributed by atoms with Gasteiger partial charge in [0.25, 0.3) is 5.91 Å². The van der Waals surface area contributed by atoms with Gasteiger partial charge in [0.15, 0.2) is 0 Å². The van der Waals surface area contributed by atoms with E-state index in [0.717, 1.165) is 11.4 Å². The number of anilines is 2. The third-order valence-electron chi connectivity index (χ3n) is 4.86. The fourth-order valence-corrected chi connectivity index (χ4v) is 3.13. The van der Waals surface area contributed by atoms with Gasteiger partial charge in [0.2, 0.25) is 5.91 Å². The number of piperazine rings is 1. The number of benzene rings is 1. The van der Waals surface area contributed by atoms with Crippen LogP contribution in [0.4, 0.5) is 11.4 Å². The molecule has 1 aromatic heterocycles. The maximum atomic E-state index is 12.7. The predicted molar refractivity (Wildman–Crippen MR) is 106 cm³/mol. The molecule has 0 bridgehead atoms. The van der Waals surface area contributed by atoms with E-state index in [9.17, 15) is 9.59 Å². The van der Waals surface area contributed by atoms with E-state index >= 15 is 0 Å². The summed E-state index contributed by atoms with van der Waals surface area (Å²) in [6, 6.07) is 11.9. The third-order valence-corrected chi connectivity index (χ3v) is 4.86. The number of rotatable bonds is 4. The molecule has 6 heteroatoms. The minimum absolute atomic E-state index is 0.0508. The fraction of sp³-hybridized carbons (Fsp3) is 0.381. The van der Waals surface area contributed by atoms with Crippen LogP contribution in [0.2, 0.25) is 0 Å². The molecule has 0 spiro atoms. The Morgan fingerprint density at radius 2 is 1.59 bits per heavy atom. The van der Waals surface area contributed by atoms with Crippen molar-refractivity contribution < 1.29 is 9.59 Å². The van der Waals surface area contributed by atoms with Crippen molar-refractivity contribution in [3.63, 3.8) is 0 Å². The summed E-state index contributed by atoms with van der Waals surface area (Å²) >= 11 is 0. The second kappa shape index (κ2) is 8.20. The van der Waals surface area contributed by atoms with Gasteiger partial charge in [-0.05, 0) is 35.7 Å². The average molecular weight is 366 g/mol. The lowest BCUT2D eigenvalue weighted by Gasteiger charge is -2.34. The van der Waals surface area contributed by atoms with Gasteiger partial charge >= 0.3 is 0 Å². The van der Waals surface area contributed by atoms with Crippen LogP contribution in [0.1, 0.15) is 42.7 Å². The molecule has 2 aromatic rings. The molecule has 3 rings (SSSR count). The largest absolute Gasteiger partial charge is 0.355 e. The van der Waals surface area contributed by atoms with E-state index in [0.29, 0.717) is 37.8 Å². The number of carbonyl (C=O) groups is 2. The summed E-state index contributed by atoms with van der Waals surface area (Å²) in [5, 5.41) is 3.33. The van der Waals surface area contributed by atoms with Gasteiger partial charge < -0.3 is 15.1 Å². The molecule has 6 nitrogen and oxygen atoms in total. The van der Waals surface area contributed by atoms with E-state index in [1.165, 1.54) is 5.56 Å². The van der Waals surface area contributed by atoms with Gasteiger partial charge in [0.05, 0.1) is 0 Å². The zero-order chi connectivity index (χ0) is 19.4. The molecule has 1 aliphatic rings. The summed E-state index contributed by atoms with van der Waals surface area (Å²) in [6.45, 7) is 8.10. The molecular formula is C21H26N4O2. The predicted octanol–water partition coefficient (Wildman–Crippen LogP) is 3.25. The maximum absolute atomic E-state index is 12.7. The normalized spacial score (nSPS) is 14.4. The molecule has 1 aromatic carbocycles. The van der Waals surface area contributed by atoms with Crippen molar-refractivity contribution in [3.05, 3.63) is 53.9 Å². The van der Waals surface area contributed by atoms with Crippen LogP contribution >= 0.6 is 0 Å². The monoisotopic (exact) mass is 366 g/mol. The van der Waals surface area contributed by atoms with Gasteiger partial charge in [0.1, 0.15) is 5.69 Å². The molecule has 1 aliphatic heterocycles. The molecule has 2 heterocycles. The summed E-state index contributed by atoms with van der Waals surface area (Å²) in [6.07, 6.45) is 1.64.